The topological polar surface area (TPSA) is 39.9 Å². The van der Waals surface area contributed by atoms with Crippen molar-refractivity contribution in [1.29, 1.82) is 0 Å². The molecule has 2 rings (SSSR count). The van der Waals surface area contributed by atoms with Crippen molar-refractivity contribution < 1.29 is 4.74 Å². The van der Waals surface area contributed by atoms with Gasteiger partial charge in [-0.3, -0.25) is 0 Å². The molecule has 0 radical (unpaired) electrons. The Morgan fingerprint density at radius 2 is 2.00 bits per heavy atom. The number of aryl methyl sites for hydroxylation is 1. The van der Waals surface area contributed by atoms with Crippen LogP contribution in [-0.2, 0) is 29.9 Å². The van der Waals surface area contributed by atoms with Gasteiger partial charge in [0.2, 0.25) is 0 Å². The zero-order valence-corrected chi connectivity index (χ0v) is 12.4. The van der Waals surface area contributed by atoms with E-state index in [-0.39, 0.29) is 0 Å². The summed E-state index contributed by atoms with van der Waals surface area (Å²) < 4.78 is 7.18. The van der Waals surface area contributed by atoms with E-state index in [4.69, 9.17) is 4.74 Å². The third kappa shape index (κ3) is 3.81. The van der Waals surface area contributed by atoms with E-state index >= 15 is 0 Å². The highest BCUT2D eigenvalue weighted by atomic mass is 32.2. The first-order valence-electron chi connectivity index (χ1n) is 6.20. The van der Waals surface area contributed by atoms with Crippen LogP contribution in [-0.4, -0.2) is 21.9 Å². The van der Waals surface area contributed by atoms with Gasteiger partial charge in [-0.25, -0.2) is 0 Å². The van der Waals surface area contributed by atoms with Crippen LogP contribution in [0.25, 0.3) is 0 Å². The lowest BCUT2D eigenvalue weighted by atomic mass is 10.1. The molecule has 0 N–H and O–H groups in total. The molecule has 0 aliphatic heterocycles. The maximum absolute atomic E-state index is 5.15. The number of ether oxygens (including phenoxy) is 1. The normalized spacial score (nSPS) is 10.9. The summed E-state index contributed by atoms with van der Waals surface area (Å²) in [5.74, 6) is 3.84. The van der Waals surface area contributed by atoms with Gasteiger partial charge in [0.05, 0.1) is 12.4 Å². The molecule has 0 unspecified atom stereocenters. The summed E-state index contributed by atoms with van der Waals surface area (Å²) in [5.41, 5.74) is 2.54. The first-order chi connectivity index (χ1) is 9.20. The molecule has 1 aromatic carbocycles. The van der Waals surface area contributed by atoms with Gasteiger partial charge in [0.15, 0.2) is 0 Å². The Kier molecular flexibility index (Phi) is 4.99. The highest BCUT2D eigenvalue weighted by molar-refractivity contribution is 7.97. The van der Waals surface area contributed by atoms with Crippen LogP contribution in [0.15, 0.2) is 24.3 Å². The van der Waals surface area contributed by atoms with Crippen LogP contribution in [0.4, 0.5) is 0 Å². The Labute approximate surface area is 118 Å². The summed E-state index contributed by atoms with van der Waals surface area (Å²) in [6, 6.07) is 8.51. The maximum Gasteiger partial charge on any atom is 0.142 e. The molecule has 0 atom stereocenters. The second-order valence-corrected chi connectivity index (χ2v) is 5.45. The van der Waals surface area contributed by atoms with Gasteiger partial charge < -0.3 is 9.30 Å². The van der Waals surface area contributed by atoms with Crippen LogP contribution < -0.4 is 0 Å². The molecule has 0 saturated carbocycles. The van der Waals surface area contributed by atoms with E-state index in [0.29, 0.717) is 6.61 Å². The van der Waals surface area contributed by atoms with E-state index in [1.54, 1.807) is 7.11 Å². The SMILES string of the molecule is COCc1cccc(CSCc2nnc(C)n2C)c1. The summed E-state index contributed by atoms with van der Waals surface area (Å²) in [5, 5.41) is 8.23. The third-order valence-electron chi connectivity index (χ3n) is 2.99. The first kappa shape index (κ1) is 14.1. The lowest BCUT2D eigenvalue weighted by Gasteiger charge is -2.05. The Balaban J connectivity index is 1.88. The van der Waals surface area contributed by atoms with E-state index in [0.717, 1.165) is 23.2 Å². The van der Waals surface area contributed by atoms with Gasteiger partial charge >= 0.3 is 0 Å². The molecular weight excluding hydrogens is 258 g/mol. The van der Waals surface area contributed by atoms with Crippen molar-refractivity contribution in [3.63, 3.8) is 0 Å². The summed E-state index contributed by atoms with van der Waals surface area (Å²) in [4.78, 5) is 0. The van der Waals surface area contributed by atoms with Crippen LogP contribution in [0.2, 0.25) is 0 Å². The number of nitrogens with zero attached hydrogens (tertiary/aromatic N) is 3. The van der Waals surface area contributed by atoms with Gasteiger partial charge in [-0.1, -0.05) is 24.3 Å². The Morgan fingerprint density at radius 3 is 2.68 bits per heavy atom. The zero-order valence-electron chi connectivity index (χ0n) is 11.6. The molecule has 0 fully saturated rings. The van der Waals surface area contributed by atoms with Crippen LogP contribution in [0.1, 0.15) is 22.8 Å². The predicted molar refractivity (Wildman–Crippen MR) is 77.9 cm³/mol. The Bertz CT molecular complexity index is 539. The molecule has 5 heteroatoms. The fourth-order valence-electron chi connectivity index (χ4n) is 1.81. The molecule has 1 aromatic heterocycles. The number of thioether (sulfide) groups is 1. The molecule has 0 aliphatic carbocycles. The predicted octanol–water partition coefficient (Wildman–Crippen LogP) is 2.70. The smallest absolute Gasteiger partial charge is 0.142 e. The molecule has 2 aromatic rings. The fraction of sp³-hybridized carbons (Fsp3) is 0.429. The average Bonchev–Trinajstić information content (AvgIpc) is 2.72. The minimum absolute atomic E-state index is 0.668. The molecule has 0 amide bonds. The minimum Gasteiger partial charge on any atom is -0.380 e. The number of aromatic nitrogens is 3. The molecule has 1 heterocycles. The van der Waals surface area contributed by atoms with Crippen LogP contribution >= 0.6 is 11.8 Å². The molecule has 0 aliphatic rings. The van der Waals surface area contributed by atoms with Gasteiger partial charge in [-0.2, -0.15) is 0 Å². The molecule has 0 bridgehead atoms. The van der Waals surface area contributed by atoms with Crippen molar-refractivity contribution in [2.45, 2.75) is 25.0 Å². The summed E-state index contributed by atoms with van der Waals surface area (Å²) in [7, 11) is 3.72. The highest BCUT2D eigenvalue weighted by Gasteiger charge is 2.05. The average molecular weight is 277 g/mol. The van der Waals surface area contributed by atoms with Crippen molar-refractivity contribution >= 4 is 11.8 Å². The molecule has 19 heavy (non-hydrogen) atoms. The summed E-state index contributed by atoms with van der Waals surface area (Å²) >= 11 is 1.85. The van der Waals surface area contributed by atoms with Gasteiger partial charge in [0.1, 0.15) is 11.6 Å². The van der Waals surface area contributed by atoms with E-state index < -0.39 is 0 Å². The van der Waals surface area contributed by atoms with Gasteiger partial charge in [0, 0.05) is 19.9 Å². The maximum atomic E-state index is 5.15. The minimum atomic E-state index is 0.668. The number of hydrogen-bond donors (Lipinski definition) is 0. The first-order valence-corrected chi connectivity index (χ1v) is 7.35. The standard InChI is InChI=1S/C14H19N3OS/c1-11-15-16-14(17(11)2)10-19-9-13-6-4-5-12(7-13)8-18-3/h4-7H,8-10H2,1-3H3. The zero-order chi connectivity index (χ0) is 13.7. The summed E-state index contributed by atoms with van der Waals surface area (Å²) in [6.07, 6.45) is 0. The fourth-order valence-corrected chi connectivity index (χ4v) is 2.76. The van der Waals surface area contributed by atoms with Gasteiger partial charge in [-0.15, -0.1) is 22.0 Å². The summed E-state index contributed by atoms with van der Waals surface area (Å²) in [6.45, 7) is 2.64. The van der Waals surface area contributed by atoms with E-state index in [2.05, 4.69) is 34.5 Å². The van der Waals surface area contributed by atoms with Crippen molar-refractivity contribution in [2.24, 2.45) is 7.05 Å². The van der Waals surface area contributed by atoms with Crippen molar-refractivity contribution in [2.75, 3.05) is 7.11 Å². The molecule has 0 spiro atoms. The lowest BCUT2D eigenvalue weighted by molar-refractivity contribution is 0.185. The third-order valence-corrected chi connectivity index (χ3v) is 3.98. The molecule has 0 saturated heterocycles. The molecule has 4 nitrogen and oxygen atoms in total. The second kappa shape index (κ2) is 6.73. The number of rotatable bonds is 6. The van der Waals surface area contributed by atoms with Crippen molar-refractivity contribution in [1.82, 2.24) is 14.8 Å². The van der Waals surface area contributed by atoms with E-state index in [1.165, 1.54) is 11.1 Å². The molecule has 102 valence electrons. The molecular formula is C14H19N3OS. The van der Waals surface area contributed by atoms with Crippen molar-refractivity contribution in [3.05, 3.63) is 47.0 Å². The number of benzene rings is 1. The Hall–Kier alpha value is -1.33. The van der Waals surface area contributed by atoms with Crippen molar-refractivity contribution in [3.8, 4) is 0 Å². The largest absolute Gasteiger partial charge is 0.380 e. The second-order valence-electron chi connectivity index (χ2n) is 4.47. The van der Waals surface area contributed by atoms with Crippen LogP contribution in [0.5, 0.6) is 0 Å². The highest BCUT2D eigenvalue weighted by Crippen LogP contribution is 2.18. The lowest BCUT2D eigenvalue weighted by Crippen LogP contribution is -1.98. The van der Waals surface area contributed by atoms with Gasteiger partial charge in [-0.05, 0) is 18.1 Å². The van der Waals surface area contributed by atoms with Crippen LogP contribution in [0, 0.1) is 6.92 Å². The van der Waals surface area contributed by atoms with E-state index in [1.807, 2.05) is 30.3 Å². The van der Waals surface area contributed by atoms with Gasteiger partial charge in [0.25, 0.3) is 0 Å². The number of hydrogen-bond acceptors (Lipinski definition) is 4. The Morgan fingerprint density at radius 1 is 1.21 bits per heavy atom. The van der Waals surface area contributed by atoms with Crippen LogP contribution in [0.3, 0.4) is 0 Å². The monoisotopic (exact) mass is 277 g/mol. The van der Waals surface area contributed by atoms with E-state index in [9.17, 15) is 0 Å². The quantitative estimate of drug-likeness (QED) is 0.814. The number of methoxy groups -OCH3 is 1.